The van der Waals surface area contributed by atoms with Gasteiger partial charge < -0.3 is 24.8 Å². The highest BCUT2D eigenvalue weighted by atomic mass is 35.5. The summed E-state index contributed by atoms with van der Waals surface area (Å²) in [4.78, 5) is 11.9. The molecule has 6 nitrogen and oxygen atoms in total. The molecule has 0 saturated heterocycles. The molecule has 0 bridgehead atoms. The van der Waals surface area contributed by atoms with Crippen LogP contribution in [0.25, 0.3) is 0 Å². The number of benzene rings is 2. The molecule has 2 aromatic carbocycles. The lowest BCUT2D eigenvalue weighted by molar-refractivity contribution is 0.247. The van der Waals surface area contributed by atoms with Gasteiger partial charge in [-0.15, -0.1) is 0 Å². The standard InChI is InChI=1S/C18H21ClN2O4/c1-12-4-6-14(19)16(10-12)25-9-8-20-18(22)21-13-5-7-15(23-2)17(11-13)24-3/h4-7,10-11H,8-9H2,1-3H3,(H2,20,21,22). The molecule has 0 aliphatic heterocycles. The minimum absolute atomic E-state index is 0.308. The minimum Gasteiger partial charge on any atom is -0.493 e. The molecule has 25 heavy (non-hydrogen) atoms. The Balaban J connectivity index is 1.80. The van der Waals surface area contributed by atoms with Crippen molar-refractivity contribution in [3.63, 3.8) is 0 Å². The third kappa shape index (κ3) is 5.46. The maximum Gasteiger partial charge on any atom is 0.319 e. The fraction of sp³-hybridized carbons (Fsp3) is 0.278. The van der Waals surface area contributed by atoms with Gasteiger partial charge in [-0.05, 0) is 36.8 Å². The van der Waals surface area contributed by atoms with Crippen LogP contribution in [-0.2, 0) is 0 Å². The van der Waals surface area contributed by atoms with E-state index in [2.05, 4.69) is 10.6 Å². The predicted octanol–water partition coefficient (Wildman–Crippen LogP) is 3.87. The summed E-state index contributed by atoms with van der Waals surface area (Å²) in [5, 5.41) is 5.97. The molecule has 0 unspecified atom stereocenters. The number of hydrogen-bond donors (Lipinski definition) is 2. The molecule has 2 N–H and O–H groups in total. The van der Waals surface area contributed by atoms with Gasteiger partial charge in [0.1, 0.15) is 12.4 Å². The number of urea groups is 1. The van der Waals surface area contributed by atoms with Crippen LogP contribution >= 0.6 is 11.6 Å². The number of ether oxygens (including phenoxy) is 3. The number of aryl methyl sites for hydroxylation is 1. The van der Waals surface area contributed by atoms with E-state index in [9.17, 15) is 4.79 Å². The number of nitrogens with one attached hydrogen (secondary N) is 2. The largest absolute Gasteiger partial charge is 0.493 e. The number of rotatable bonds is 7. The van der Waals surface area contributed by atoms with Crippen LogP contribution < -0.4 is 24.8 Å². The van der Waals surface area contributed by atoms with Crippen molar-refractivity contribution in [3.8, 4) is 17.2 Å². The summed E-state index contributed by atoms with van der Waals surface area (Å²) in [5.74, 6) is 1.73. The summed E-state index contributed by atoms with van der Waals surface area (Å²) in [6.07, 6.45) is 0. The van der Waals surface area contributed by atoms with Crippen LogP contribution in [0.1, 0.15) is 5.56 Å². The Hall–Kier alpha value is -2.60. The number of carbonyl (C=O) groups is 1. The summed E-state index contributed by atoms with van der Waals surface area (Å²) in [7, 11) is 3.09. The maximum absolute atomic E-state index is 11.9. The van der Waals surface area contributed by atoms with Crippen molar-refractivity contribution in [1.82, 2.24) is 5.32 Å². The lowest BCUT2D eigenvalue weighted by atomic mass is 10.2. The first-order valence-electron chi connectivity index (χ1n) is 7.69. The van der Waals surface area contributed by atoms with E-state index in [-0.39, 0.29) is 6.03 Å². The normalized spacial score (nSPS) is 10.1. The molecule has 134 valence electrons. The average Bonchev–Trinajstić information content (AvgIpc) is 2.61. The Labute approximate surface area is 152 Å². The molecular formula is C18H21ClN2O4. The van der Waals surface area contributed by atoms with Gasteiger partial charge >= 0.3 is 6.03 Å². The SMILES string of the molecule is COc1ccc(NC(=O)NCCOc2cc(C)ccc2Cl)cc1OC. The van der Waals surface area contributed by atoms with Crippen molar-refractivity contribution in [1.29, 1.82) is 0 Å². The first-order chi connectivity index (χ1) is 12.0. The molecule has 2 rings (SSSR count). The molecule has 0 aliphatic rings. The number of carbonyl (C=O) groups excluding carboxylic acids is 1. The second kappa shape index (κ2) is 9.03. The van der Waals surface area contributed by atoms with E-state index in [0.29, 0.717) is 41.1 Å². The zero-order chi connectivity index (χ0) is 18.2. The molecule has 0 atom stereocenters. The second-order valence-corrected chi connectivity index (χ2v) is 5.64. The third-order valence-corrected chi connectivity index (χ3v) is 3.69. The van der Waals surface area contributed by atoms with Gasteiger partial charge in [0.25, 0.3) is 0 Å². The van der Waals surface area contributed by atoms with Crippen molar-refractivity contribution in [2.75, 3.05) is 32.7 Å². The molecule has 2 amide bonds. The fourth-order valence-electron chi connectivity index (χ4n) is 2.14. The van der Waals surface area contributed by atoms with Crippen molar-refractivity contribution in [3.05, 3.63) is 47.0 Å². The molecule has 0 fully saturated rings. The number of anilines is 1. The van der Waals surface area contributed by atoms with E-state index >= 15 is 0 Å². The Morgan fingerprint density at radius 1 is 1.04 bits per heavy atom. The third-order valence-electron chi connectivity index (χ3n) is 3.37. The number of hydrogen-bond acceptors (Lipinski definition) is 4. The summed E-state index contributed by atoms with van der Waals surface area (Å²) in [6, 6.07) is 10.3. The topological polar surface area (TPSA) is 68.8 Å². The lowest BCUT2D eigenvalue weighted by Gasteiger charge is -2.12. The number of methoxy groups -OCH3 is 2. The first-order valence-corrected chi connectivity index (χ1v) is 8.07. The fourth-order valence-corrected chi connectivity index (χ4v) is 2.31. The van der Waals surface area contributed by atoms with Crippen LogP contribution in [0.15, 0.2) is 36.4 Å². The van der Waals surface area contributed by atoms with Crippen LogP contribution in [0.4, 0.5) is 10.5 Å². The molecular weight excluding hydrogens is 344 g/mol. The molecule has 0 aromatic heterocycles. The molecule has 0 aliphatic carbocycles. The summed E-state index contributed by atoms with van der Waals surface area (Å²) < 4.78 is 15.9. The van der Waals surface area contributed by atoms with E-state index in [1.54, 1.807) is 31.4 Å². The average molecular weight is 365 g/mol. The van der Waals surface area contributed by atoms with Gasteiger partial charge in [0, 0.05) is 11.8 Å². The highest BCUT2D eigenvalue weighted by Crippen LogP contribution is 2.29. The van der Waals surface area contributed by atoms with E-state index in [0.717, 1.165) is 5.56 Å². The highest BCUT2D eigenvalue weighted by Gasteiger charge is 2.07. The van der Waals surface area contributed by atoms with Gasteiger partial charge in [0.05, 0.1) is 25.8 Å². The quantitative estimate of drug-likeness (QED) is 0.732. The van der Waals surface area contributed by atoms with Gasteiger partial charge in [0.2, 0.25) is 0 Å². The van der Waals surface area contributed by atoms with E-state index in [4.69, 9.17) is 25.8 Å². The van der Waals surface area contributed by atoms with Gasteiger partial charge in [0.15, 0.2) is 11.5 Å². The van der Waals surface area contributed by atoms with Gasteiger partial charge in [-0.3, -0.25) is 0 Å². The molecule has 0 heterocycles. The Kier molecular flexibility index (Phi) is 6.77. The monoisotopic (exact) mass is 364 g/mol. The van der Waals surface area contributed by atoms with Crippen LogP contribution in [0.5, 0.6) is 17.2 Å². The Morgan fingerprint density at radius 3 is 2.52 bits per heavy atom. The Bertz CT molecular complexity index is 737. The van der Waals surface area contributed by atoms with E-state index < -0.39 is 0 Å². The lowest BCUT2D eigenvalue weighted by Crippen LogP contribution is -2.32. The summed E-state index contributed by atoms with van der Waals surface area (Å²) in [6.45, 7) is 2.60. The van der Waals surface area contributed by atoms with Crippen molar-refractivity contribution < 1.29 is 19.0 Å². The maximum atomic E-state index is 11.9. The van der Waals surface area contributed by atoms with Crippen molar-refractivity contribution >= 4 is 23.3 Å². The predicted molar refractivity (Wildman–Crippen MR) is 98.3 cm³/mol. The molecule has 0 radical (unpaired) electrons. The molecule has 2 aromatic rings. The molecule has 0 spiro atoms. The number of halogens is 1. The zero-order valence-corrected chi connectivity index (χ0v) is 15.1. The second-order valence-electron chi connectivity index (χ2n) is 5.23. The van der Waals surface area contributed by atoms with Crippen LogP contribution in [0.2, 0.25) is 5.02 Å². The van der Waals surface area contributed by atoms with Gasteiger partial charge in [-0.2, -0.15) is 0 Å². The number of amides is 2. The Morgan fingerprint density at radius 2 is 1.80 bits per heavy atom. The first kappa shape index (κ1) is 18.7. The van der Waals surface area contributed by atoms with Crippen LogP contribution in [-0.4, -0.2) is 33.4 Å². The van der Waals surface area contributed by atoms with E-state index in [1.807, 2.05) is 19.1 Å². The van der Waals surface area contributed by atoms with Gasteiger partial charge in [-0.1, -0.05) is 17.7 Å². The highest BCUT2D eigenvalue weighted by molar-refractivity contribution is 6.32. The summed E-state index contributed by atoms with van der Waals surface area (Å²) in [5.41, 5.74) is 1.65. The van der Waals surface area contributed by atoms with Crippen LogP contribution in [0.3, 0.4) is 0 Å². The minimum atomic E-state index is -0.342. The molecule has 0 saturated carbocycles. The molecule has 7 heteroatoms. The summed E-state index contributed by atoms with van der Waals surface area (Å²) >= 11 is 6.05. The van der Waals surface area contributed by atoms with Gasteiger partial charge in [-0.25, -0.2) is 4.79 Å². The van der Waals surface area contributed by atoms with Crippen LogP contribution in [0, 0.1) is 6.92 Å². The zero-order valence-electron chi connectivity index (χ0n) is 14.4. The van der Waals surface area contributed by atoms with E-state index in [1.165, 1.54) is 7.11 Å². The van der Waals surface area contributed by atoms with Crippen molar-refractivity contribution in [2.24, 2.45) is 0 Å². The smallest absolute Gasteiger partial charge is 0.319 e. The van der Waals surface area contributed by atoms with Crippen molar-refractivity contribution in [2.45, 2.75) is 6.92 Å².